The van der Waals surface area contributed by atoms with Crippen molar-refractivity contribution in [3.8, 4) is 0 Å². The molecule has 1 fully saturated rings. The van der Waals surface area contributed by atoms with Gasteiger partial charge in [-0.25, -0.2) is 4.79 Å². The molecule has 1 aliphatic heterocycles. The number of unbranched alkanes of at least 4 members (excludes halogenated alkanes) is 5. The van der Waals surface area contributed by atoms with Gasteiger partial charge in [-0.3, -0.25) is 0 Å². The van der Waals surface area contributed by atoms with Crippen molar-refractivity contribution >= 4 is 6.09 Å². The Balaban J connectivity index is 2.08. The highest BCUT2D eigenvalue weighted by atomic mass is 16.6. The standard InChI is InChI=1S/C17H34N2O2/c1-3-5-6-7-8-9-10-16(4-2)15-21-17(20)19-13-11-18-12-14-19/h16,18H,3-15H2,1-2H3. The predicted octanol–water partition coefficient (Wildman–Crippen LogP) is 3.81. The molecule has 0 spiro atoms. The molecule has 1 atom stereocenters. The molecule has 1 amide bonds. The minimum absolute atomic E-state index is 0.127. The van der Waals surface area contributed by atoms with Crippen molar-refractivity contribution in [3.05, 3.63) is 0 Å². The number of hydrogen-bond donors (Lipinski definition) is 1. The van der Waals surface area contributed by atoms with E-state index in [1.165, 1.54) is 44.9 Å². The lowest BCUT2D eigenvalue weighted by Gasteiger charge is -2.27. The van der Waals surface area contributed by atoms with Crippen LogP contribution in [0, 0.1) is 5.92 Å². The van der Waals surface area contributed by atoms with Crippen molar-refractivity contribution in [1.29, 1.82) is 0 Å². The molecule has 124 valence electrons. The highest BCUT2D eigenvalue weighted by molar-refractivity contribution is 5.67. The fourth-order valence-electron chi connectivity index (χ4n) is 2.75. The van der Waals surface area contributed by atoms with Crippen molar-refractivity contribution in [3.63, 3.8) is 0 Å². The average molecular weight is 298 g/mol. The summed E-state index contributed by atoms with van der Waals surface area (Å²) in [4.78, 5) is 13.8. The van der Waals surface area contributed by atoms with E-state index in [1.54, 1.807) is 0 Å². The van der Waals surface area contributed by atoms with Crippen LogP contribution in [-0.4, -0.2) is 43.8 Å². The van der Waals surface area contributed by atoms with E-state index in [4.69, 9.17) is 4.74 Å². The summed E-state index contributed by atoms with van der Waals surface area (Å²) in [6.07, 6.45) is 10.1. The SMILES string of the molecule is CCCCCCCCC(CC)COC(=O)N1CCNCC1. The van der Waals surface area contributed by atoms with Gasteiger partial charge in [0.15, 0.2) is 0 Å². The molecule has 1 saturated heterocycles. The van der Waals surface area contributed by atoms with Gasteiger partial charge < -0.3 is 15.0 Å². The smallest absolute Gasteiger partial charge is 0.409 e. The maximum absolute atomic E-state index is 11.9. The Kier molecular flexibility index (Phi) is 10.3. The number of carbonyl (C=O) groups excluding carboxylic acids is 1. The van der Waals surface area contributed by atoms with E-state index in [0.717, 1.165) is 32.6 Å². The summed E-state index contributed by atoms with van der Waals surface area (Å²) in [5.41, 5.74) is 0. The monoisotopic (exact) mass is 298 g/mol. The third kappa shape index (κ3) is 8.30. The molecule has 0 bridgehead atoms. The van der Waals surface area contributed by atoms with Crippen LogP contribution in [0.4, 0.5) is 4.79 Å². The van der Waals surface area contributed by atoms with E-state index < -0.39 is 0 Å². The number of hydrogen-bond acceptors (Lipinski definition) is 3. The third-order valence-electron chi connectivity index (χ3n) is 4.36. The zero-order chi connectivity index (χ0) is 15.3. The predicted molar refractivity (Wildman–Crippen MR) is 87.6 cm³/mol. The van der Waals surface area contributed by atoms with Crippen molar-refractivity contribution in [1.82, 2.24) is 10.2 Å². The summed E-state index contributed by atoms with van der Waals surface area (Å²) < 4.78 is 5.49. The molecule has 21 heavy (non-hydrogen) atoms. The lowest BCUT2D eigenvalue weighted by atomic mass is 9.99. The van der Waals surface area contributed by atoms with Gasteiger partial charge in [0.1, 0.15) is 0 Å². The molecule has 0 aliphatic carbocycles. The van der Waals surface area contributed by atoms with Crippen LogP contribution in [0.3, 0.4) is 0 Å². The van der Waals surface area contributed by atoms with Gasteiger partial charge in [0.2, 0.25) is 0 Å². The minimum atomic E-state index is -0.127. The van der Waals surface area contributed by atoms with Crippen LogP contribution >= 0.6 is 0 Å². The van der Waals surface area contributed by atoms with Crippen LogP contribution in [0.2, 0.25) is 0 Å². The van der Waals surface area contributed by atoms with Gasteiger partial charge in [0.05, 0.1) is 6.61 Å². The molecule has 0 saturated carbocycles. The van der Waals surface area contributed by atoms with Crippen LogP contribution < -0.4 is 5.32 Å². The van der Waals surface area contributed by atoms with Crippen LogP contribution in [0.1, 0.15) is 65.2 Å². The Labute approximate surface area is 130 Å². The van der Waals surface area contributed by atoms with E-state index in [1.807, 2.05) is 4.90 Å². The van der Waals surface area contributed by atoms with Crippen LogP contribution in [0.5, 0.6) is 0 Å². The van der Waals surface area contributed by atoms with E-state index in [2.05, 4.69) is 19.2 Å². The van der Waals surface area contributed by atoms with Gasteiger partial charge >= 0.3 is 6.09 Å². The molecule has 4 heteroatoms. The van der Waals surface area contributed by atoms with Gasteiger partial charge in [-0.05, 0) is 12.3 Å². The van der Waals surface area contributed by atoms with Gasteiger partial charge in [-0.1, -0.05) is 58.8 Å². The van der Waals surface area contributed by atoms with E-state index in [9.17, 15) is 4.79 Å². The molecule has 1 unspecified atom stereocenters. The summed E-state index contributed by atoms with van der Waals surface area (Å²) in [5.74, 6) is 0.531. The number of nitrogens with zero attached hydrogens (tertiary/aromatic N) is 1. The van der Waals surface area contributed by atoms with Crippen molar-refractivity contribution in [2.75, 3.05) is 32.8 Å². The molecule has 1 aliphatic rings. The summed E-state index contributed by atoms with van der Waals surface area (Å²) >= 11 is 0. The summed E-state index contributed by atoms with van der Waals surface area (Å²) in [5, 5.41) is 3.24. The van der Waals surface area contributed by atoms with Crippen LogP contribution in [0.25, 0.3) is 0 Å². The normalized spacial score (nSPS) is 16.8. The molecule has 0 aromatic carbocycles. The van der Waals surface area contributed by atoms with Crippen LogP contribution in [0.15, 0.2) is 0 Å². The van der Waals surface area contributed by atoms with Gasteiger partial charge in [0, 0.05) is 26.2 Å². The van der Waals surface area contributed by atoms with Crippen molar-refractivity contribution in [2.45, 2.75) is 65.2 Å². The number of ether oxygens (including phenoxy) is 1. The minimum Gasteiger partial charge on any atom is -0.449 e. The molecule has 0 aromatic heterocycles. The second-order valence-corrected chi connectivity index (χ2v) is 6.14. The average Bonchev–Trinajstić information content (AvgIpc) is 2.54. The lowest BCUT2D eigenvalue weighted by molar-refractivity contribution is 0.0809. The number of carbonyl (C=O) groups is 1. The molecular formula is C17H34N2O2. The zero-order valence-corrected chi connectivity index (χ0v) is 14.0. The first-order valence-electron chi connectivity index (χ1n) is 8.90. The first-order valence-corrected chi connectivity index (χ1v) is 8.90. The topological polar surface area (TPSA) is 41.6 Å². The molecule has 1 heterocycles. The molecule has 4 nitrogen and oxygen atoms in total. The maximum Gasteiger partial charge on any atom is 0.409 e. The van der Waals surface area contributed by atoms with Crippen LogP contribution in [-0.2, 0) is 4.74 Å². The number of amides is 1. The molecule has 0 radical (unpaired) electrons. The Morgan fingerprint density at radius 3 is 2.43 bits per heavy atom. The summed E-state index contributed by atoms with van der Waals surface area (Å²) in [7, 11) is 0. The molecule has 1 rings (SSSR count). The lowest BCUT2D eigenvalue weighted by Crippen LogP contribution is -2.46. The van der Waals surface area contributed by atoms with Crippen molar-refractivity contribution < 1.29 is 9.53 Å². The highest BCUT2D eigenvalue weighted by Gasteiger charge is 2.18. The summed E-state index contributed by atoms with van der Waals surface area (Å²) in [6.45, 7) is 8.34. The number of piperazine rings is 1. The molecule has 1 N–H and O–H groups in total. The van der Waals surface area contributed by atoms with E-state index in [0.29, 0.717) is 12.5 Å². The Hall–Kier alpha value is -0.770. The second-order valence-electron chi connectivity index (χ2n) is 6.14. The molecular weight excluding hydrogens is 264 g/mol. The number of rotatable bonds is 10. The summed E-state index contributed by atoms with van der Waals surface area (Å²) in [6, 6.07) is 0. The Morgan fingerprint density at radius 1 is 1.10 bits per heavy atom. The largest absolute Gasteiger partial charge is 0.449 e. The Bertz CT molecular complexity index is 266. The zero-order valence-electron chi connectivity index (χ0n) is 14.0. The first-order chi connectivity index (χ1) is 10.3. The van der Waals surface area contributed by atoms with E-state index >= 15 is 0 Å². The highest BCUT2D eigenvalue weighted by Crippen LogP contribution is 2.16. The van der Waals surface area contributed by atoms with Gasteiger partial charge in [-0.2, -0.15) is 0 Å². The maximum atomic E-state index is 11.9. The second kappa shape index (κ2) is 11.8. The number of nitrogens with one attached hydrogen (secondary N) is 1. The van der Waals surface area contributed by atoms with Gasteiger partial charge in [0.25, 0.3) is 0 Å². The molecule has 0 aromatic rings. The van der Waals surface area contributed by atoms with E-state index in [-0.39, 0.29) is 6.09 Å². The first kappa shape index (κ1) is 18.3. The quantitative estimate of drug-likeness (QED) is 0.624. The van der Waals surface area contributed by atoms with Crippen molar-refractivity contribution in [2.24, 2.45) is 5.92 Å². The van der Waals surface area contributed by atoms with Gasteiger partial charge in [-0.15, -0.1) is 0 Å². The Morgan fingerprint density at radius 2 is 1.76 bits per heavy atom. The third-order valence-corrected chi connectivity index (χ3v) is 4.36. The fourth-order valence-corrected chi connectivity index (χ4v) is 2.75. The fraction of sp³-hybridized carbons (Fsp3) is 0.941.